The minimum absolute atomic E-state index is 0.259. The van der Waals surface area contributed by atoms with E-state index in [0.29, 0.717) is 12.8 Å². The van der Waals surface area contributed by atoms with E-state index in [9.17, 15) is 9.59 Å². The first-order valence-electron chi connectivity index (χ1n) is 3.71. The average molecular weight is 171 g/mol. The van der Waals surface area contributed by atoms with Crippen molar-refractivity contribution >= 4 is 11.9 Å². The molecule has 0 saturated carbocycles. The van der Waals surface area contributed by atoms with E-state index in [-0.39, 0.29) is 5.91 Å². The standard InChI is InChI=1S/C8H13NO3/c1-3-4-5-7(10)9-6(2)8(11)12/h3,6H,1,4-5H2,2H3,(H,9,10)(H,11,12)/t6-/m1/s1. The Morgan fingerprint density at radius 3 is 2.67 bits per heavy atom. The molecule has 0 aromatic carbocycles. The molecule has 0 aliphatic rings. The molecule has 0 saturated heterocycles. The fourth-order valence-electron chi connectivity index (χ4n) is 0.609. The van der Waals surface area contributed by atoms with Crippen LogP contribution >= 0.6 is 0 Å². The van der Waals surface area contributed by atoms with Gasteiger partial charge in [-0.05, 0) is 13.3 Å². The number of carboxylic acid groups (broad SMARTS) is 1. The zero-order valence-corrected chi connectivity index (χ0v) is 7.04. The first-order chi connectivity index (χ1) is 5.57. The van der Waals surface area contributed by atoms with Gasteiger partial charge in [0, 0.05) is 6.42 Å². The maximum Gasteiger partial charge on any atom is 0.325 e. The van der Waals surface area contributed by atoms with Crippen molar-refractivity contribution in [2.45, 2.75) is 25.8 Å². The Morgan fingerprint density at radius 1 is 1.67 bits per heavy atom. The van der Waals surface area contributed by atoms with Gasteiger partial charge in [0.2, 0.25) is 5.91 Å². The minimum Gasteiger partial charge on any atom is -0.480 e. The van der Waals surface area contributed by atoms with Gasteiger partial charge in [-0.25, -0.2) is 0 Å². The lowest BCUT2D eigenvalue weighted by Crippen LogP contribution is -2.38. The molecule has 0 heterocycles. The predicted octanol–water partition coefficient (Wildman–Crippen LogP) is 0.542. The van der Waals surface area contributed by atoms with Gasteiger partial charge in [-0.2, -0.15) is 0 Å². The van der Waals surface area contributed by atoms with Crippen LogP contribution in [0.4, 0.5) is 0 Å². The SMILES string of the molecule is C=CCCC(=O)N[C@H](C)C(=O)O. The van der Waals surface area contributed by atoms with E-state index in [2.05, 4.69) is 11.9 Å². The number of carbonyl (C=O) groups is 2. The fraction of sp³-hybridized carbons (Fsp3) is 0.500. The second-order valence-corrected chi connectivity index (χ2v) is 2.45. The molecule has 0 radical (unpaired) electrons. The smallest absolute Gasteiger partial charge is 0.325 e. The molecule has 0 aliphatic heterocycles. The molecule has 0 aromatic rings. The number of rotatable bonds is 5. The highest BCUT2D eigenvalue weighted by Gasteiger charge is 2.12. The molecule has 0 spiro atoms. The summed E-state index contributed by atoms with van der Waals surface area (Å²) in [5.74, 6) is -1.29. The first kappa shape index (κ1) is 10.7. The number of hydrogen-bond acceptors (Lipinski definition) is 2. The lowest BCUT2D eigenvalue weighted by Gasteiger charge is -2.07. The maximum absolute atomic E-state index is 10.9. The normalized spacial score (nSPS) is 11.8. The summed E-state index contributed by atoms with van der Waals surface area (Å²) in [7, 11) is 0. The summed E-state index contributed by atoms with van der Waals surface area (Å²) in [6.45, 7) is 4.88. The first-order valence-corrected chi connectivity index (χ1v) is 3.71. The lowest BCUT2D eigenvalue weighted by molar-refractivity contribution is -0.141. The summed E-state index contributed by atoms with van der Waals surface area (Å²) in [6, 6.07) is -0.817. The Kier molecular flexibility index (Phi) is 4.76. The average Bonchev–Trinajstić information content (AvgIpc) is 2.00. The van der Waals surface area contributed by atoms with Crippen LogP contribution in [0.1, 0.15) is 19.8 Å². The molecule has 1 atom stereocenters. The topological polar surface area (TPSA) is 66.4 Å². The molecule has 0 aliphatic carbocycles. The number of nitrogens with one attached hydrogen (secondary N) is 1. The molecule has 1 amide bonds. The van der Waals surface area contributed by atoms with E-state index in [0.717, 1.165) is 0 Å². The van der Waals surface area contributed by atoms with Crippen molar-refractivity contribution in [2.24, 2.45) is 0 Å². The largest absolute Gasteiger partial charge is 0.480 e. The number of aliphatic carboxylic acids is 1. The van der Waals surface area contributed by atoms with Crippen LogP contribution < -0.4 is 5.32 Å². The Bertz CT molecular complexity index is 189. The molecule has 4 heteroatoms. The zero-order chi connectivity index (χ0) is 9.56. The molecule has 12 heavy (non-hydrogen) atoms. The molecular formula is C8H13NO3. The third kappa shape index (κ3) is 4.49. The number of carboxylic acids is 1. The van der Waals surface area contributed by atoms with Gasteiger partial charge in [-0.15, -0.1) is 6.58 Å². The van der Waals surface area contributed by atoms with Crippen molar-refractivity contribution < 1.29 is 14.7 Å². The van der Waals surface area contributed by atoms with E-state index in [1.165, 1.54) is 6.92 Å². The van der Waals surface area contributed by atoms with E-state index in [4.69, 9.17) is 5.11 Å². The van der Waals surface area contributed by atoms with E-state index in [1.54, 1.807) is 6.08 Å². The highest BCUT2D eigenvalue weighted by molar-refractivity contribution is 5.83. The van der Waals surface area contributed by atoms with Crippen molar-refractivity contribution in [1.82, 2.24) is 5.32 Å². The summed E-state index contributed by atoms with van der Waals surface area (Å²) < 4.78 is 0. The number of allylic oxidation sites excluding steroid dienone is 1. The van der Waals surface area contributed by atoms with Gasteiger partial charge < -0.3 is 10.4 Å². The van der Waals surface area contributed by atoms with Gasteiger partial charge in [-0.1, -0.05) is 6.08 Å². The van der Waals surface area contributed by atoms with Crippen molar-refractivity contribution in [1.29, 1.82) is 0 Å². The van der Waals surface area contributed by atoms with Gasteiger partial charge >= 0.3 is 5.97 Å². The summed E-state index contributed by atoms with van der Waals surface area (Å²) in [4.78, 5) is 21.2. The van der Waals surface area contributed by atoms with Crippen LogP contribution in [0, 0.1) is 0 Å². The van der Waals surface area contributed by atoms with Crippen molar-refractivity contribution in [3.8, 4) is 0 Å². The van der Waals surface area contributed by atoms with Crippen LogP contribution in [0.25, 0.3) is 0 Å². The highest BCUT2D eigenvalue weighted by atomic mass is 16.4. The van der Waals surface area contributed by atoms with Gasteiger partial charge in [-0.3, -0.25) is 9.59 Å². The summed E-state index contributed by atoms with van der Waals surface area (Å²) in [5.41, 5.74) is 0. The van der Waals surface area contributed by atoms with Crippen LogP contribution in [0.5, 0.6) is 0 Å². The van der Waals surface area contributed by atoms with Gasteiger partial charge in [0.25, 0.3) is 0 Å². The van der Waals surface area contributed by atoms with Gasteiger partial charge in [0.05, 0.1) is 0 Å². The number of hydrogen-bond donors (Lipinski definition) is 2. The van der Waals surface area contributed by atoms with Crippen LogP contribution in [-0.2, 0) is 9.59 Å². The Balaban J connectivity index is 3.68. The molecule has 68 valence electrons. The fourth-order valence-corrected chi connectivity index (χ4v) is 0.609. The Labute approximate surface area is 71.3 Å². The van der Waals surface area contributed by atoms with Crippen LogP contribution in [-0.4, -0.2) is 23.0 Å². The van der Waals surface area contributed by atoms with Crippen LogP contribution in [0.2, 0.25) is 0 Å². The number of carbonyl (C=O) groups excluding carboxylic acids is 1. The van der Waals surface area contributed by atoms with Crippen molar-refractivity contribution in [3.05, 3.63) is 12.7 Å². The molecular weight excluding hydrogens is 158 g/mol. The molecule has 4 nitrogen and oxygen atoms in total. The van der Waals surface area contributed by atoms with Gasteiger partial charge in [0.1, 0.15) is 6.04 Å². The van der Waals surface area contributed by atoms with E-state index in [1.807, 2.05) is 0 Å². The zero-order valence-electron chi connectivity index (χ0n) is 7.04. The minimum atomic E-state index is -1.03. The maximum atomic E-state index is 10.9. The number of amides is 1. The predicted molar refractivity (Wildman–Crippen MR) is 44.7 cm³/mol. The van der Waals surface area contributed by atoms with Gasteiger partial charge in [0.15, 0.2) is 0 Å². The van der Waals surface area contributed by atoms with Crippen molar-refractivity contribution in [3.63, 3.8) is 0 Å². The Hall–Kier alpha value is -1.32. The molecule has 0 bridgehead atoms. The third-order valence-electron chi connectivity index (χ3n) is 1.32. The quantitative estimate of drug-likeness (QED) is 0.593. The monoisotopic (exact) mass is 171 g/mol. The molecule has 0 rings (SSSR count). The second-order valence-electron chi connectivity index (χ2n) is 2.45. The third-order valence-corrected chi connectivity index (χ3v) is 1.32. The molecule has 0 fully saturated rings. The highest BCUT2D eigenvalue weighted by Crippen LogP contribution is 1.90. The van der Waals surface area contributed by atoms with Crippen molar-refractivity contribution in [2.75, 3.05) is 0 Å². The van der Waals surface area contributed by atoms with E-state index < -0.39 is 12.0 Å². The molecule has 0 unspecified atom stereocenters. The van der Waals surface area contributed by atoms with E-state index >= 15 is 0 Å². The molecule has 0 aromatic heterocycles. The molecule has 2 N–H and O–H groups in total. The second kappa shape index (κ2) is 5.35. The van der Waals surface area contributed by atoms with Crippen LogP contribution in [0.15, 0.2) is 12.7 Å². The summed E-state index contributed by atoms with van der Waals surface area (Å²) in [6.07, 6.45) is 2.48. The summed E-state index contributed by atoms with van der Waals surface area (Å²) >= 11 is 0. The lowest BCUT2D eigenvalue weighted by atomic mass is 10.2. The summed E-state index contributed by atoms with van der Waals surface area (Å²) in [5, 5.41) is 10.7. The van der Waals surface area contributed by atoms with Crippen LogP contribution in [0.3, 0.4) is 0 Å². The Morgan fingerprint density at radius 2 is 2.25 bits per heavy atom.